The van der Waals surface area contributed by atoms with Gasteiger partial charge in [0.05, 0.1) is 29.3 Å². The van der Waals surface area contributed by atoms with Gasteiger partial charge in [-0.25, -0.2) is 9.78 Å². The van der Waals surface area contributed by atoms with Crippen molar-refractivity contribution in [3.63, 3.8) is 0 Å². The monoisotopic (exact) mass is 501 g/mol. The Balaban J connectivity index is 1.28. The van der Waals surface area contributed by atoms with Crippen LogP contribution < -0.4 is 5.56 Å². The molecule has 0 radical (unpaired) electrons. The zero-order valence-electron chi connectivity index (χ0n) is 21.1. The van der Waals surface area contributed by atoms with Crippen LogP contribution in [0.15, 0.2) is 95.9 Å². The molecule has 38 heavy (non-hydrogen) atoms. The number of nitrogens with one attached hydrogen (secondary N) is 1. The highest BCUT2D eigenvalue weighted by atomic mass is 16.5. The molecule has 0 amide bonds. The fourth-order valence-corrected chi connectivity index (χ4v) is 5.19. The Morgan fingerprint density at radius 1 is 0.947 bits per heavy atom. The Labute approximate surface area is 220 Å². The number of pyridine rings is 2. The molecule has 6 nitrogen and oxygen atoms in total. The molecule has 3 heterocycles. The predicted octanol–water partition coefficient (Wildman–Crippen LogP) is 5.60. The Morgan fingerprint density at radius 3 is 2.55 bits per heavy atom. The zero-order chi connectivity index (χ0) is 26.1. The summed E-state index contributed by atoms with van der Waals surface area (Å²) in [7, 11) is 1.41. The fraction of sp³-hybridized carbons (Fsp3) is 0.156. The summed E-state index contributed by atoms with van der Waals surface area (Å²) < 4.78 is 4.89. The van der Waals surface area contributed by atoms with E-state index in [1.54, 1.807) is 6.20 Å². The number of H-pyrrole nitrogens is 1. The van der Waals surface area contributed by atoms with Crippen molar-refractivity contribution in [2.45, 2.75) is 19.5 Å². The third-order valence-corrected chi connectivity index (χ3v) is 7.19. The van der Waals surface area contributed by atoms with Crippen LogP contribution in [0.3, 0.4) is 0 Å². The lowest BCUT2D eigenvalue weighted by atomic mass is 9.96. The van der Waals surface area contributed by atoms with E-state index in [0.717, 1.165) is 48.4 Å². The summed E-state index contributed by atoms with van der Waals surface area (Å²) in [6.45, 7) is 2.57. The van der Waals surface area contributed by atoms with Crippen LogP contribution in [0.25, 0.3) is 33.3 Å². The summed E-state index contributed by atoms with van der Waals surface area (Å²) in [6, 6.07) is 28.2. The number of aromatic amines is 1. The first kappa shape index (κ1) is 23.8. The first-order valence-corrected chi connectivity index (χ1v) is 12.7. The number of aromatic nitrogens is 2. The molecule has 0 saturated heterocycles. The molecule has 1 N–H and O–H groups in total. The molecule has 6 heteroatoms. The van der Waals surface area contributed by atoms with Crippen LogP contribution in [-0.4, -0.2) is 34.5 Å². The number of carbonyl (C=O) groups excluding carboxylic acids is 1. The average molecular weight is 502 g/mol. The Morgan fingerprint density at radius 2 is 1.76 bits per heavy atom. The van der Waals surface area contributed by atoms with Crippen molar-refractivity contribution in [3.8, 4) is 22.4 Å². The van der Waals surface area contributed by atoms with Gasteiger partial charge in [-0.1, -0.05) is 60.7 Å². The first-order chi connectivity index (χ1) is 18.6. The van der Waals surface area contributed by atoms with Gasteiger partial charge in [0.2, 0.25) is 0 Å². The van der Waals surface area contributed by atoms with Crippen molar-refractivity contribution in [1.82, 2.24) is 14.9 Å². The summed E-state index contributed by atoms with van der Waals surface area (Å²) in [5, 5.41) is 0.576. The highest BCUT2D eigenvalue weighted by Crippen LogP contribution is 2.33. The van der Waals surface area contributed by atoms with Crippen molar-refractivity contribution >= 4 is 16.9 Å². The van der Waals surface area contributed by atoms with Crippen molar-refractivity contribution in [2.24, 2.45) is 0 Å². The van der Waals surface area contributed by atoms with Crippen molar-refractivity contribution in [3.05, 3.63) is 124 Å². The number of ether oxygens (including phenoxy) is 1. The zero-order valence-corrected chi connectivity index (χ0v) is 21.1. The lowest BCUT2D eigenvalue weighted by Gasteiger charge is -2.29. The molecule has 0 aliphatic carbocycles. The number of carbonyl (C=O) groups is 1. The van der Waals surface area contributed by atoms with E-state index in [9.17, 15) is 9.59 Å². The highest BCUT2D eigenvalue weighted by molar-refractivity contribution is 5.91. The van der Waals surface area contributed by atoms with Gasteiger partial charge in [0, 0.05) is 37.0 Å². The minimum absolute atomic E-state index is 0.143. The van der Waals surface area contributed by atoms with E-state index in [4.69, 9.17) is 9.72 Å². The third kappa shape index (κ3) is 4.62. The topological polar surface area (TPSA) is 75.3 Å². The standard InChI is InChI=1S/C32H27N3O3/c1-38-32(37)25-12-11-22-14-16-35(20-26(22)17-25)19-21-7-9-24(10-8-21)30-27(23-5-3-2-4-6-23)18-28-29(34-30)13-15-33-31(28)36/h2-13,15,17-18H,14,16,19-20H2,1H3,(H,33,36). The number of nitrogens with zero attached hydrogens (tertiary/aromatic N) is 2. The summed E-state index contributed by atoms with van der Waals surface area (Å²) in [6.07, 6.45) is 2.59. The van der Waals surface area contributed by atoms with Gasteiger partial charge >= 0.3 is 5.97 Å². The molecule has 188 valence electrons. The number of hydrogen-bond acceptors (Lipinski definition) is 5. The van der Waals surface area contributed by atoms with E-state index < -0.39 is 0 Å². The molecule has 0 bridgehead atoms. The maximum absolute atomic E-state index is 12.5. The van der Waals surface area contributed by atoms with Crippen LogP contribution >= 0.6 is 0 Å². The van der Waals surface area contributed by atoms with Gasteiger partial charge in [-0.05, 0) is 52.9 Å². The van der Waals surface area contributed by atoms with Gasteiger partial charge in [-0.15, -0.1) is 0 Å². The normalized spacial score (nSPS) is 13.3. The second kappa shape index (κ2) is 10.1. The van der Waals surface area contributed by atoms with E-state index >= 15 is 0 Å². The quantitative estimate of drug-likeness (QED) is 0.317. The summed E-state index contributed by atoms with van der Waals surface area (Å²) in [4.78, 5) is 34.5. The summed E-state index contributed by atoms with van der Waals surface area (Å²) >= 11 is 0. The van der Waals surface area contributed by atoms with Gasteiger partial charge in [-0.3, -0.25) is 9.69 Å². The van der Waals surface area contributed by atoms with Crippen LogP contribution in [0.2, 0.25) is 0 Å². The van der Waals surface area contributed by atoms with Crippen LogP contribution in [0.4, 0.5) is 0 Å². The Bertz CT molecular complexity index is 1690. The maximum atomic E-state index is 12.5. The lowest BCUT2D eigenvalue weighted by Crippen LogP contribution is -2.30. The molecule has 3 aromatic carbocycles. The molecule has 0 atom stereocenters. The van der Waals surface area contributed by atoms with Gasteiger partial charge < -0.3 is 9.72 Å². The van der Waals surface area contributed by atoms with Crippen LogP contribution in [0.1, 0.15) is 27.0 Å². The molecular formula is C32H27N3O3. The molecule has 2 aromatic heterocycles. The van der Waals surface area contributed by atoms with Gasteiger partial charge in [0.25, 0.3) is 5.56 Å². The van der Waals surface area contributed by atoms with Crippen LogP contribution in [-0.2, 0) is 24.2 Å². The highest BCUT2D eigenvalue weighted by Gasteiger charge is 2.19. The number of hydrogen-bond donors (Lipinski definition) is 1. The van der Waals surface area contributed by atoms with E-state index in [2.05, 4.69) is 34.1 Å². The second-order valence-corrected chi connectivity index (χ2v) is 9.62. The van der Waals surface area contributed by atoms with Gasteiger partial charge in [0.15, 0.2) is 0 Å². The second-order valence-electron chi connectivity index (χ2n) is 9.62. The molecule has 0 saturated carbocycles. The number of rotatable bonds is 5. The third-order valence-electron chi connectivity index (χ3n) is 7.19. The summed E-state index contributed by atoms with van der Waals surface area (Å²) in [5.74, 6) is -0.303. The fourth-order valence-electron chi connectivity index (χ4n) is 5.19. The molecular weight excluding hydrogens is 474 g/mol. The van der Waals surface area contributed by atoms with Crippen molar-refractivity contribution < 1.29 is 9.53 Å². The number of esters is 1. The Hall–Kier alpha value is -4.55. The minimum Gasteiger partial charge on any atom is -0.465 e. The number of benzene rings is 3. The average Bonchev–Trinajstić information content (AvgIpc) is 2.97. The van der Waals surface area contributed by atoms with Gasteiger partial charge in [0.1, 0.15) is 0 Å². The van der Waals surface area contributed by atoms with Crippen LogP contribution in [0.5, 0.6) is 0 Å². The van der Waals surface area contributed by atoms with E-state index in [-0.39, 0.29) is 11.5 Å². The number of methoxy groups -OCH3 is 1. The molecule has 1 aliphatic rings. The first-order valence-electron chi connectivity index (χ1n) is 12.7. The van der Waals surface area contributed by atoms with Crippen molar-refractivity contribution in [2.75, 3.05) is 13.7 Å². The maximum Gasteiger partial charge on any atom is 0.337 e. The van der Waals surface area contributed by atoms with E-state index in [0.29, 0.717) is 16.5 Å². The smallest absolute Gasteiger partial charge is 0.337 e. The molecule has 5 aromatic rings. The molecule has 0 unspecified atom stereocenters. The van der Waals surface area contributed by atoms with Crippen molar-refractivity contribution in [1.29, 1.82) is 0 Å². The van der Waals surface area contributed by atoms with Crippen LogP contribution in [0, 0.1) is 0 Å². The molecule has 6 rings (SSSR count). The summed E-state index contributed by atoms with van der Waals surface area (Å²) in [5.41, 5.74) is 8.60. The van der Waals surface area contributed by atoms with E-state index in [1.165, 1.54) is 23.8 Å². The molecule has 0 fully saturated rings. The lowest BCUT2D eigenvalue weighted by molar-refractivity contribution is 0.0600. The minimum atomic E-state index is -0.303. The predicted molar refractivity (Wildman–Crippen MR) is 149 cm³/mol. The van der Waals surface area contributed by atoms with E-state index in [1.807, 2.05) is 60.7 Å². The largest absolute Gasteiger partial charge is 0.465 e. The SMILES string of the molecule is COC(=O)c1ccc2c(c1)CN(Cc1ccc(-c3nc4cc[nH]c(=O)c4cc3-c3ccccc3)cc1)CC2. The molecule has 0 spiro atoms. The van der Waals surface area contributed by atoms with Gasteiger partial charge in [-0.2, -0.15) is 0 Å². The number of fused-ring (bicyclic) bond motifs is 2. The molecule has 1 aliphatic heterocycles. The Kier molecular flexibility index (Phi) is 6.32.